The summed E-state index contributed by atoms with van der Waals surface area (Å²) in [4.78, 5) is 37.2. The summed E-state index contributed by atoms with van der Waals surface area (Å²) in [6.07, 6.45) is 2.53. The van der Waals surface area contributed by atoms with Crippen LogP contribution in [0.1, 0.15) is 26.3 Å². The van der Waals surface area contributed by atoms with Crippen molar-refractivity contribution in [1.29, 1.82) is 0 Å². The Bertz CT molecular complexity index is 735. The molecule has 3 rings (SSSR count). The van der Waals surface area contributed by atoms with Crippen molar-refractivity contribution in [2.45, 2.75) is 26.2 Å². The van der Waals surface area contributed by atoms with Crippen LogP contribution >= 0.6 is 0 Å². The van der Waals surface area contributed by atoms with Crippen molar-refractivity contribution < 1.29 is 23.9 Å². The predicted octanol–water partition coefficient (Wildman–Crippen LogP) is 2.43. The van der Waals surface area contributed by atoms with E-state index < -0.39 is 29.2 Å². The molecule has 0 unspecified atom stereocenters. The summed E-state index contributed by atoms with van der Waals surface area (Å²) in [5.41, 5.74) is -0.0654. The molecule has 5 nitrogen and oxygen atoms in total. The van der Waals surface area contributed by atoms with Crippen LogP contribution in [0.25, 0.3) is 0 Å². The Morgan fingerprint density at radius 1 is 1.33 bits per heavy atom. The first kappa shape index (κ1) is 16.4. The van der Waals surface area contributed by atoms with Gasteiger partial charge in [0.1, 0.15) is 17.5 Å². The quantitative estimate of drug-likeness (QED) is 0.484. The number of para-hydroxylation sites is 1. The van der Waals surface area contributed by atoms with Crippen molar-refractivity contribution >= 4 is 18.2 Å². The molecule has 1 heterocycles. The van der Waals surface area contributed by atoms with Gasteiger partial charge in [0, 0.05) is 11.5 Å². The van der Waals surface area contributed by atoms with E-state index in [1.54, 1.807) is 44.2 Å². The fourth-order valence-corrected chi connectivity index (χ4v) is 4.16. The average molecular weight is 328 g/mol. The van der Waals surface area contributed by atoms with Crippen molar-refractivity contribution in [2.24, 2.45) is 17.8 Å². The summed E-state index contributed by atoms with van der Waals surface area (Å²) >= 11 is 0. The topological polar surface area (TPSA) is 69.7 Å². The molecule has 0 aromatic heterocycles. The Hall–Kier alpha value is -2.43. The van der Waals surface area contributed by atoms with Crippen LogP contribution in [0.5, 0.6) is 5.75 Å². The van der Waals surface area contributed by atoms with Gasteiger partial charge in [0.2, 0.25) is 0 Å². The largest absolute Gasteiger partial charge is 0.466 e. The normalized spacial score (nSPS) is 31.2. The maximum atomic E-state index is 13.0. The predicted molar refractivity (Wildman–Crippen MR) is 86.4 cm³/mol. The molecule has 0 fully saturated rings. The van der Waals surface area contributed by atoms with E-state index in [2.05, 4.69) is 0 Å². The number of allylic oxidation sites excluding steroid dienone is 2. The molecule has 2 aliphatic rings. The highest BCUT2D eigenvalue weighted by Crippen LogP contribution is 2.55. The van der Waals surface area contributed by atoms with Gasteiger partial charge >= 0.3 is 11.9 Å². The van der Waals surface area contributed by atoms with Crippen molar-refractivity contribution in [3.8, 4) is 5.75 Å². The zero-order valence-corrected chi connectivity index (χ0v) is 13.9. The van der Waals surface area contributed by atoms with E-state index in [9.17, 15) is 14.4 Å². The number of hydrogen-bond donors (Lipinski definition) is 0. The molecule has 1 aliphatic heterocycles. The van der Waals surface area contributed by atoms with Crippen LogP contribution in [0.3, 0.4) is 0 Å². The lowest BCUT2D eigenvalue weighted by atomic mass is 9.55. The molecule has 0 saturated carbocycles. The van der Waals surface area contributed by atoms with Gasteiger partial charge in [0.25, 0.3) is 0 Å². The zero-order chi connectivity index (χ0) is 17.5. The molecule has 1 aromatic rings. The van der Waals surface area contributed by atoms with E-state index in [1.165, 1.54) is 0 Å². The summed E-state index contributed by atoms with van der Waals surface area (Å²) in [6, 6.07) is 7.09. The number of carbonyl (C=O) groups is 3. The minimum absolute atomic E-state index is 0.230. The van der Waals surface area contributed by atoms with Gasteiger partial charge in [-0.25, -0.2) is 0 Å². The van der Waals surface area contributed by atoms with Crippen LogP contribution in [0.15, 0.2) is 35.9 Å². The first-order valence-corrected chi connectivity index (χ1v) is 8.13. The Kier molecular flexibility index (Phi) is 4.03. The molecule has 126 valence electrons. The number of ether oxygens (including phenoxy) is 2. The zero-order valence-electron chi connectivity index (χ0n) is 13.9. The summed E-state index contributed by atoms with van der Waals surface area (Å²) in [5.74, 6) is -2.01. The van der Waals surface area contributed by atoms with Crippen molar-refractivity contribution in [2.75, 3.05) is 6.61 Å². The van der Waals surface area contributed by atoms with Gasteiger partial charge < -0.3 is 9.47 Å². The first-order valence-electron chi connectivity index (χ1n) is 8.13. The highest BCUT2D eigenvalue weighted by molar-refractivity contribution is 5.98. The number of fused-ring (bicyclic) bond motifs is 2. The molecular formula is C19H20O5. The number of aldehydes is 1. The summed E-state index contributed by atoms with van der Waals surface area (Å²) in [6.45, 7) is 5.58. The van der Waals surface area contributed by atoms with Crippen LogP contribution in [-0.2, 0) is 24.5 Å². The van der Waals surface area contributed by atoms with Gasteiger partial charge in [0.05, 0.1) is 12.5 Å². The molecule has 1 spiro atoms. The smallest absolute Gasteiger partial charge is 0.323 e. The summed E-state index contributed by atoms with van der Waals surface area (Å²) in [5, 5.41) is 0. The fraction of sp³-hybridized carbons (Fsp3) is 0.421. The molecule has 0 radical (unpaired) electrons. The Balaban J connectivity index is 2.27. The fourth-order valence-electron chi connectivity index (χ4n) is 4.16. The van der Waals surface area contributed by atoms with Crippen LogP contribution in [0, 0.1) is 17.8 Å². The van der Waals surface area contributed by atoms with Crippen LogP contribution in [0.2, 0.25) is 0 Å². The Labute approximate surface area is 140 Å². The van der Waals surface area contributed by atoms with Gasteiger partial charge in [-0.3, -0.25) is 14.4 Å². The van der Waals surface area contributed by atoms with Gasteiger partial charge in [-0.1, -0.05) is 38.1 Å². The molecule has 5 heteroatoms. The highest BCUT2D eigenvalue weighted by Gasteiger charge is 2.63. The third kappa shape index (κ3) is 2.04. The third-order valence-electron chi connectivity index (χ3n) is 5.20. The van der Waals surface area contributed by atoms with E-state index in [0.29, 0.717) is 16.9 Å². The number of rotatable bonds is 3. The lowest BCUT2D eigenvalue weighted by Crippen LogP contribution is -2.55. The second-order valence-electron chi connectivity index (χ2n) is 6.35. The Morgan fingerprint density at radius 3 is 2.71 bits per heavy atom. The van der Waals surface area contributed by atoms with Crippen molar-refractivity contribution in [3.63, 3.8) is 0 Å². The minimum atomic E-state index is -1.23. The number of benzene rings is 1. The maximum absolute atomic E-state index is 13.0. The molecule has 0 bridgehead atoms. The SMILES string of the molecule is CCOC(=O)[C@@H]1[C@@H](C)C=C(C=O)[C@@H](C)[C@]12C(=O)Oc1ccccc12. The third-order valence-corrected chi connectivity index (χ3v) is 5.20. The lowest BCUT2D eigenvalue weighted by molar-refractivity contribution is -0.161. The molecule has 4 atom stereocenters. The van der Waals surface area contributed by atoms with E-state index in [1.807, 2.05) is 6.92 Å². The van der Waals surface area contributed by atoms with Crippen LogP contribution in [-0.4, -0.2) is 24.8 Å². The Morgan fingerprint density at radius 2 is 2.04 bits per heavy atom. The van der Waals surface area contributed by atoms with E-state index in [0.717, 1.165) is 6.29 Å². The average Bonchev–Trinajstić information content (AvgIpc) is 2.84. The van der Waals surface area contributed by atoms with Gasteiger partial charge in [-0.05, 0) is 24.5 Å². The van der Waals surface area contributed by atoms with Crippen molar-refractivity contribution in [1.82, 2.24) is 0 Å². The number of carbonyl (C=O) groups excluding carboxylic acids is 3. The molecule has 1 aromatic carbocycles. The second kappa shape index (κ2) is 5.89. The molecule has 0 saturated heterocycles. The summed E-state index contributed by atoms with van der Waals surface area (Å²) in [7, 11) is 0. The van der Waals surface area contributed by atoms with E-state index in [-0.39, 0.29) is 12.5 Å². The van der Waals surface area contributed by atoms with Crippen LogP contribution in [0.4, 0.5) is 0 Å². The van der Waals surface area contributed by atoms with Crippen LogP contribution < -0.4 is 4.74 Å². The molecular weight excluding hydrogens is 308 g/mol. The van der Waals surface area contributed by atoms with E-state index in [4.69, 9.17) is 9.47 Å². The summed E-state index contributed by atoms with van der Waals surface area (Å²) < 4.78 is 10.7. The lowest BCUT2D eigenvalue weighted by Gasteiger charge is -2.43. The number of hydrogen-bond acceptors (Lipinski definition) is 5. The monoisotopic (exact) mass is 328 g/mol. The van der Waals surface area contributed by atoms with Crippen molar-refractivity contribution in [3.05, 3.63) is 41.5 Å². The molecule has 0 amide bonds. The van der Waals surface area contributed by atoms with Gasteiger partial charge in [-0.15, -0.1) is 0 Å². The molecule has 1 aliphatic carbocycles. The minimum Gasteiger partial charge on any atom is -0.466 e. The molecule has 0 N–H and O–H groups in total. The van der Waals surface area contributed by atoms with Gasteiger partial charge in [-0.2, -0.15) is 0 Å². The highest BCUT2D eigenvalue weighted by atomic mass is 16.5. The van der Waals surface area contributed by atoms with Gasteiger partial charge in [0.15, 0.2) is 0 Å². The molecule has 24 heavy (non-hydrogen) atoms. The number of esters is 2. The maximum Gasteiger partial charge on any atom is 0.323 e. The first-order chi connectivity index (χ1) is 11.5. The second-order valence-corrected chi connectivity index (χ2v) is 6.35. The standard InChI is InChI=1S/C19H20O5/c1-4-23-17(21)16-11(2)9-13(10-20)12(3)19(16)14-7-5-6-8-15(14)24-18(19)22/h5-12,16H,4H2,1-3H3/t11-,12+,16-,19+/m0/s1. The van der Waals surface area contributed by atoms with E-state index >= 15 is 0 Å².